The van der Waals surface area contributed by atoms with Crippen LogP contribution in [0.3, 0.4) is 0 Å². The van der Waals surface area contributed by atoms with E-state index >= 15 is 0 Å². The molecule has 0 unspecified atom stereocenters. The molecule has 1 fully saturated rings. The highest BCUT2D eigenvalue weighted by Crippen LogP contribution is 2.13. The van der Waals surface area contributed by atoms with Crippen LogP contribution in [0.5, 0.6) is 0 Å². The Morgan fingerprint density at radius 3 is 2.73 bits per heavy atom. The van der Waals surface area contributed by atoms with Crippen LogP contribution in [-0.2, 0) is 13.1 Å². The van der Waals surface area contributed by atoms with E-state index in [9.17, 15) is 0 Å². The lowest BCUT2D eigenvalue weighted by atomic mass is 10.2. The first-order valence-corrected chi connectivity index (χ1v) is 5.46. The summed E-state index contributed by atoms with van der Waals surface area (Å²) in [6.07, 6.45) is 1.73. The molecule has 0 spiro atoms. The Balaban J connectivity index is 1.91. The van der Waals surface area contributed by atoms with Gasteiger partial charge in [0.05, 0.1) is 12.8 Å². The third-order valence-electron chi connectivity index (χ3n) is 3.01. The molecule has 0 aliphatic carbocycles. The molecule has 1 aromatic heterocycles. The maximum Gasteiger partial charge on any atom is 0.121 e. The van der Waals surface area contributed by atoms with Crippen molar-refractivity contribution in [2.75, 3.05) is 33.2 Å². The molecule has 1 aliphatic rings. The first kappa shape index (κ1) is 10.7. The number of piperazine rings is 1. The second-order valence-corrected chi connectivity index (χ2v) is 4.15. The van der Waals surface area contributed by atoms with E-state index in [0.717, 1.165) is 38.5 Å². The van der Waals surface area contributed by atoms with Crippen molar-refractivity contribution in [1.29, 1.82) is 0 Å². The second-order valence-electron chi connectivity index (χ2n) is 4.15. The molecular weight excluding hydrogens is 190 g/mol. The SMILES string of the molecule is CN1CCN(Cc2ccoc2CN)CC1. The average molecular weight is 209 g/mol. The summed E-state index contributed by atoms with van der Waals surface area (Å²) in [4.78, 5) is 4.81. The van der Waals surface area contributed by atoms with Gasteiger partial charge in [-0.05, 0) is 13.1 Å². The van der Waals surface area contributed by atoms with Crippen molar-refractivity contribution >= 4 is 0 Å². The molecular formula is C11H19N3O. The molecule has 1 aromatic rings. The van der Waals surface area contributed by atoms with Gasteiger partial charge >= 0.3 is 0 Å². The van der Waals surface area contributed by atoms with Crippen LogP contribution in [-0.4, -0.2) is 43.0 Å². The number of furan rings is 1. The topological polar surface area (TPSA) is 45.6 Å². The van der Waals surface area contributed by atoms with Crippen LogP contribution in [0.15, 0.2) is 16.7 Å². The second kappa shape index (κ2) is 4.79. The summed E-state index contributed by atoms with van der Waals surface area (Å²) < 4.78 is 5.31. The molecule has 4 heteroatoms. The highest BCUT2D eigenvalue weighted by molar-refractivity contribution is 5.16. The van der Waals surface area contributed by atoms with E-state index in [0.29, 0.717) is 6.54 Å². The van der Waals surface area contributed by atoms with Gasteiger partial charge in [-0.1, -0.05) is 0 Å². The Bertz CT molecular complexity index is 303. The zero-order valence-electron chi connectivity index (χ0n) is 9.28. The average Bonchev–Trinajstić information content (AvgIpc) is 2.69. The monoisotopic (exact) mass is 209 g/mol. The van der Waals surface area contributed by atoms with Gasteiger partial charge in [0.25, 0.3) is 0 Å². The maximum atomic E-state index is 5.60. The fourth-order valence-corrected chi connectivity index (χ4v) is 1.93. The van der Waals surface area contributed by atoms with Crippen molar-refractivity contribution in [1.82, 2.24) is 9.80 Å². The third-order valence-corrected chi connectivity index (χ3v) is 3.01. The fraction of sp³-hybridized carbons (Fsp3) is 0.636. The minimum Gasteiger partial charge on any atom is -0.468 e. The van der Waals surface area contributed by atoms with Gasteiger partial charge in [-0.3, -0.25) is 4.90 Å². The predicted octanol–water partition coefficient (Wildman–Crippen LogP) is 0.486. The van der Waals surface area contributed by atoms with Crippen molar-refractivity contribution in [2.24, 2.45) is 5.73 Å². The number of nitrogens with zero attached hydrogens (tertiary/aromatic N) is 2. The lowest BCUT2D eigenvalue weighted by Gasteiger charge is -2.32. The van der Waals surface area contributed by atoms with Crippen LogP contribution in [0.2, 0.25) is 0 Å². The summed E-state index contributed by atoms with van der Waals surface area (Å²) in [5, 5.41) is 0. The van der Waals surface area contributed by atoms with E-state index in [1.807, 2.05) is 6.07 Å². The summed E-state index contributed by atoms with van der Waals surface area (Å²) in [5.74, 6) is 0.925. The Labute approximate surface area is 90.6 Å². The molecule has 1 aliphatic heterocycles. The molecule has 1 saturated heterocycles. The van der Waals surface area contributed by atoms with Gasteiger partial charge in [-0.15, -0.1) is 0 Å². The van der Waals surface area contributed by atoms with Gasteiger partial charge in [-0.2, -0.15) is 0 Å². The van der Waals surface area contributed by atoms with E-state index < -0.39 is 0 Å². The number of likely N-dealkylation sites (N-methyl/N-ethyl adjacent to an activating group) is 1. The molecule has 0 saturated carbocycles. The summed E-state index contributed by atoms with van der Waals surface area (Å²) in [5.41, 5.74) is 6.84. The van der Waals surface area contributed by atoms with E-state index in [1.54, 1.807) is 6.26 Å². The van der Waals surface area contributed by atoms with Crippen molar-refractivity contribution in [2.45, 2.75) is 13.1 Å². The lowest BCUT2D eigenvalue weighted by Crippen LogP contribution is -2.43. The van der Waals surface area contributed by atoms with E-state index in [2.05, 4.69) is 16.8 Å². The predicted molar refractivity (Wildman–Crippen MR) is 59.4 cm³/mol. The normalized spacial score (nSPS) is 19.6. The molecule has 4 nitrogen and oxygen atoms in total. The first-order valence-electron chi connectivity index (χ1n) is 5.46. The number of nitrogens with two attached hydrogens (primary N) is 1. The molecule has 0 bridgehead atoms. The van der Waals surface area contributed by atoms with E-state index in [1.165, 1.54) is 5.56 Å². The minimum atomic E-state index is 0.496. The summed E-state index contributed by atoms with van der Waals surface area (Å²) >= 11 is 0. The summed E-state index contributed by atoms with van der Waals surface area (Å²) in [6, 6.07) is 2.03. The molecule has 0 aromatic carbocycles. The third kappa shape index (κ3) is 2.59. The van der Waals surface area contributed by atoms with E-state index in [4.69, 9.17) is 10.2 Å². The summed E-state index contributed by atoms with van der Waals surface area (Å²) in [7, 11) is 2.17. The largest absolute Gasteiger partial charge is 0.468 e. The van der Waals surface area contributed by atoms with Crippen LogP contribution in [0.1, 0.15) is 11.3 Å². The zero-order chi connectivity index (χ0) is 10.7. The minimum absolute atomic E-state index is 0.496. The highest BCUT2D eigenvalue weighted by Gasteiger charge is 2.15. The molecule has 2 rings (SSSR count). The molecule has 84 valence electrons. The van der Waals surface area contributed by atoms with Crippen molar-refractivity contribution < 1.29 is 4.42 Å². The van der Waals surface area contributed by atoms with Crippen LogP contribution < -0.4 is 5.73 Å². The Kier molecular flexibility index (Phi) is 3.41. The zero-order valence-corrected chi connectivity index (χ0v) is 9.28. The van der Waals surface area contributed by atoms with Crippen molar-refractivity contribution in [3.8, 4) is 0 Å². The number of hydrogen-bond donors (Lipinski definition) is 1. The maximum absolute atomic E-state index is 5.60. The molecule has 2 N–H and O–H groups in total. The molecule has 15 heavy (non-hydrogen) atoms. The summed E-state index contributed by atoms with van der Waals surface area (Å²) in [6.45, 7) is 6.02. The van der Waals surface area contributed by atoms with Crippen molar-refractivity contribution in [3.05, 3.63) is 23.7 Å². The van der Waals surface area contributed by atoms with Gasteiger partial charge in [0, 0.05) is 38.3 Å². The molecule has 0 radical (unpaired) electrons. The van der Waals surface area contributed by atoms with Gasteiger partial charge in [0.15, 0.2) is 0 Å². The van der Waals surface area contributed by atoms with Gasteiger partial charge in [-0.25, -0.2) is 0 Å². The van der Waals surface area contributed by atoms with Gasteiger partial charge < -0.3 is 15.1 Å². The number of rotatable bonds is 3. The van der Waals surface area contributed by atoms with Gasteiger partial charge in [0.1, 0.15) is 5.76 Å². The van der Waals surface area contributed by atoms with Crippen LogP contribution in [0.25, 0.3) is 0 Å². The Morgan fingerprint density at radius 1 is 1.33 bits per heavy atom. The quantitative estimate of drug-likeness (QED) is 0.787. The highest BCUT2D eigenvalue weighted by atomic mass is 16.3. The smallest absolute Gasteiger partial charge is 0.121 e. The fourth-order valence-electron chi connectivity index (χ4n) is 1.93. The van der Waals surface area contributed by atoms with E-state index in [-0.39, 0.29) is 0 Å². The number of hydrogen-bond acceptors (Lipinski definition) is 4. The van der Waals surface area contributed by atoms with Crippen LogP contribution in [0, 0.1) is 0 Å². The molecule has 0 atom stereocenters. The van der Waals surface area contributed by atoms with Crippen LogP contribution >= 0.6 is 0 Å². The van der Waals surface area contributed by atoms with Gasteiger partial charge in [0.2, 0.25) is 0 Å². The standard InChI is InChI=1S/C11H19N3O/c1-13-3-5-14(6-4-13)9-10-2-7-15-11(10)8-12/h2,7H,3-6,8-9,12H2,1H3. The molecule has 2 heterocycles. The first-order chi connectivity index (χ1) is 7.29. The lowest BCUT2D eigenvalue weighted by molar-refractivity contribution is 0.147. The molecule has 0 amide bonds. The van der Waals surface area contributed by atoms with Crippen molar-refractivity contribution in [3.63, 3.8) is 0 Å². The van der Waals surface area contributed by atoms with Crippen LogP contribution in [0.4, 0.5) is 0 Å². The Morgan fingerprint density at radius 2 is 2.07 bits per heavy atom. The Hall–Kier alpha value is -0.840.